The van der Waals surface area contributed by atoms with Crippen molar-refractivity contribution in [3.63, 3.8) is 0 Å². The minimum absolute atomic E-state index is 0.117. The van der Waals surface area contributed by atoms with Gasteiger partial charge >= 0.3 is 0 Å². The molecule has 1 radical (unpaired) electrons. The quantitative estimate of drug-likeness (QED) is 0.699. The molecule has 0 N–H and O–H groups in total. The van der Waals surface area contributed by atoms with Crippen molar-refractivity contribution < 1.29 is 0 Å². The van der Waals surface area contributed by atoms with E-state index in [1.807, 2.05) is 0 Å². The molecule has 0 heterocycles. The van der Waals surface area contributed by atoms with E-state index in [0.29, 0.717) is 0 Å². The zero-order valence-electron chi connectivity index (χ0n) is 11.5. The van der Waals surface area contributed by atoms with Gasteiger partial charge in [0.25, 0.3) is 0 Å². The Morgan fingerprint density at radius 3 is 2.11 bits per heavy atom. The third-order valence-electron chi connectivity index (χ3n) is 3.49. The van der Waals surface area contributed by atoms with Crippen LogP contribution in [-0.2, 0) is 11.6 Å². The van der Waals surface area contributed by atoms with Crippen LogP contribution in [-0.4, -0.2) is 7.28 Å². The lowest BCUT2D eigenvalue weighted by Gasteiger charge is -2.24. The Hall–Kier alpha value is -1.50. The Bertz CT molecular complexity index is 483. The predicted molar refractivity (Wildman–Crippen MR) is 80.1 cm³/mol. The van der Waals surface area contributed by atoms with Crippen molar-refractivity contribution in [3.8, 4) is 0 Å². The van der Waals surface area contributed by atoms with E-state index < -0.39 is 0 Å². The lowest BCUT2D eigenvalue weighted by atomic mass is 9.49. The molecule has 2 aromatic rings. The molecule has 0 atom stereocenters. The smallest absolute Gasteiger partial charge is 0.0632 e. The number of benzene rings is 2. The summed E-state index contributed by atoms with van der Waals surface area (Å²) in [4.78, 5) is 0. The summed E-state index contributed by atoms with van der Waals surface area (Å²) in [5, 5.41) is 0.117. The van der Waals surface area contributed by atoms with Gasteiger partial charge in [0.15, 0.2) is 0 Å². The van der Waals surface area contributed by atoms with Crippen molar-refractivity contribution in [2.45, 2.75) is 32.4 Å². The highest BCUT2D eigenvalue weighted by atomic mass is 14.1. The molecular formula is C17H20B. The highest BCUT2D eigenvalue weighted by Crippen LogP contribution is 2.22. The van der Waals surface area contributed by atoms with Crippen LogP contribution in [0.15, 0.2) is 54.6 Å². The van der Waals surface area contributed by atoms with E-state index in [1.54, 1.807) is 0 Å². The van der Waals surface area contributed by atoms with Gasteiger partial charge < -0.3 is 0 Å². The Balaban J connectivity index is 2.03. The second-order valence-electron chi connectivity index (χ2n) is 5.48. The van der Waals surface area contributed by atoms with E-state index in [0.717, 1.165) is 6.32 Å². The van der Waals surface area contributed by atoms with E-state index in [1.165, 1.54) is 16.7 Å². The SMILES string of the molecule is Cc1ccc(C[B]C(C)(C)c2ccccc2)cc1. The van der Waals surface area contributed by atoms with Crippen molar-refractivity contribution in [3.05, 3.63) is 71.3 Å². The number of hydrogen-bond acceptors (Lipinski definition) is 0. The van der Waals surface area contributed by atoms with Gasteiger partial charge in [0.2, 0.25) is 0 Å². The number of hydrogen-bond donors (Lipinski definition) is 0. The van der Waals surface area contributed by atoms with Gasteiger partial charge in [-0.25, -0.2) is 0 Å². The molecule has 0 saturated carbocycles. The van der Waals surface area contributed by atoms with Crippen molar-refractivity contribution in [1.82, 2.24) is 0 Å². The molecule has 0 bridgehead atoms. The molecule has 0 aliphatic carbocycles. The van der Waals surface area contributed by atoms with Crippen LogP contribution >= 0.6 is 0 Å². The molecule has 0 spiro atoms. The van der Waals surface area contributed by atoms with E-state index >= 15 is 0 Å². The summed E-state index contributed by atoms with van der Waals surface area (Å²) >= 11 is 0. The van der Waals surface area contributed by atoms with Crippen LogP contribution in [0.25, 0.3) is 0 Å². The molecule has 2 rings (SSSR count). The maximum Gasteiger partial charge on any atom is 0.128 e. The highest BCUT2D eigenvalue weighted by Gasteiger charge is 2.20. The topological polar surface area (TPSA) is 0 Å². The van der Waals surface area contributed by atoms with Crippen LogP contribution in [0.2, 0.25) is 0 Å². The maximum absolute atomic E-state index is 2.40. The van der Waals surface area contributed by atoms with Gasteiger partial charge in [-0.15, -0.1) is 0 Å². The summed E-state index contributed by atoms with van der Waals surface area (Å²) in [5.74, 6) is 0. The molecule has 91 valence electrons. The lowest BCUT2D eigenvalue weighted by Crippen LogP contribution is -2.27. The first-order valence-electron chi connectivity index (χ1n) is 6.53. The predicted octanol–water partition coefficient (Wildman–Crippen LogP) is 4.13. The van der Waals surface area contributed by atoms with E-state index in [2.05, 4.69) is 82.6 Å². The zero-order valence-corrected chi connectivity index (χ0v) is 11.5. The molecule has 2 aromatic carbocycles. The van der Waals surface area contributed by atoms with Crippen LogP contribution in [0.1, 0.15) is 30.5 Å². The average Bonchev–Trinajstić information content (AvgIpc) is 2.39. The third-order valence-corrected chi connectivity index (χ3v) is 3.49. The van der Waals surface area contributed by atoms with Gasteiger partial charge in [-0.2, -0.15) is 0 Å². The van der Waals surface area contributed by atoms with E-state index in [-0.39, 0.29) is 5.31 Å². The van der Waals surface area contributed by atoms with E-state index in [9.17, 15) is 0 Å². The summed E-state index contributed by atoms with van der Waals surface area (Å²) in [6, 6.07) is 19.5. The molecule has 1 heteroatoms. The van der Waals surface area contributed by atoms with Crippen LogP contribution in [0.5, 0.6) is 0 Å². The molecule has 0 aliphatic heterocycles. The largest absolute Gasteiger partial charge is 0.128 e. The molecule has 0 nitrogen and oxygen atoms in total. The Kier molecular flexibility index (Phi) is 3.91. The normalized spacial score (nSPS) is 11.3. The summed E-state index contributed by atoms with van der Waals surface area (Å²) < 4.78 is 0. The Morgan fingerprint density at radius 2 is 1.50 bits per heavy atom. The molecule has 0 amide bonds. The molecule has 0 unspecified atom stereocenters. The first-order valence-corrected chi connectivity index (χ1v) is 6.53. The lowest BCUT2D eigenvalue weighted by molar-refractivity contribution is 0.745. The number of aryl methyl sites for hydroxylation is 1. The molecular weight excluding hydrogens is 215 g/mol. The monoisotopic (exact) mass is 235 g/mol. The van der Waals surface area contributed by atoms with Gasteiger partial charge in [-0.3, -0.25) is 0 Å². The molecule has 0 fully saturated rings. The fraction of sp³-hybridized carbons (Fsp3) is 0.294. The Morgan fingerprint density at radius 1 is 0.889 bits per heavy atom. The first kappa shape index (κ1) is 12.9. The summed E-state index contributed by atoms with van der Waals surface area (Å²) in [5.41, 5.74) is 4.07. The third kappa shape index (κ3) is 3.26. The molecule has 0 aromatic heterocycles. The van der Waals surface area contributed by atoms with Gasteiger partial charge in [-0.05, 0) is 12.2 Å². The molecule has 0 saturated heterocycles. The van der Waals surface area contributed by atoms with Gasteiger partial charge in [-0.1, -0.05) is 91.5 Å². The minimum Gasteiger partial charge on any atom is -0.0632 e. The summed E-state index contributed by atoms with van der Waals surface area (Å²) in [6.07, 6.45) is 1.02. The Labute approximate surface area is 111 Å². The van der Waals surface area contributed by atoms with Gasteiger partial charge in [0.05, 0.1) is 0 Å². The summed E-state index contributed by atoms with van der Waals surface area (Å²) in [7, 11) is 2.40. The van der Waals surface area contributed by atoms with Crippen LogP contribution in [0.4, 0.5) is 0 Å². The minimum atomic E-state index is 0.117. The zero-order chi connectivity index (χ0) is 13.0. The van der Waals surface area contributed by atoms with Crippen molar-refractivity contribution >= 4 is 7.28 Å². The second-order valence-corrected chi connectivity index (χ2v) is 5.48. The molecule has 0 aliphatic rings. The van der Waals surface area contributed by atoms with Crippen LogP contribution < -0.4 is 0 Å². The van der Waals surface area contributed by atoms with Crippen LogP contribution in [0.3, 0.4) is 0 Å². The average molecular weight is 235 g/mol. The second kappa shape index (κ2) is 5.43. The van der Waals surface area contributed by atoms with Crippen LogP contribution in [0, 0.1) is 6.92 Å². The fourth-order valence-electron chi connectivity index (χ4n) is 2.08. The standard InChI is InChI=1S/C17H20B/c1-14-9-11-15(12-10-14)13-18-17(2,3)16-7-5-4-6-8-16/h4-12H,13H2,1-3H3. The van der Waals surface area contributed by atoms with Crippen molar-refractivity contribution in [2.24, 2.45) is 0 Å². The summed E-state index contributed by atoms with van der Waals surface area (Å²) in [6.45, 7) is 6.68. The van der Waals surface area contributed by atoms with Gasteiger partial charge in [0.1, 0.15) is 7.28 Å². The fourth-order valence-corrected chi connectivity index (χ4v) is 2.08. The van der Waals surface area contributed by atoms with Crippen molar-refractivity contribution in [2.75, 3.05) is 0 Å². The highest BCUT2D eigenvalue weighted by molar-refractivity contribution is 6.39. The van der Waals surface area contributed by atoms with Gasteiger partial charge in [0, 0.05) is 0 Å². The van der Waals surface area contributed by atoms with Crippen molar-refractivity contribution in [1.29, 1.82) is 0 Å². The maximum atomic E-state index is 2.40. The number of rotatable bonds is 4. The first-order chi connectivity index (χ1) is 8.58. The van der Waals surface area contributed by atoms with E-state index in [4.69, 9.17) is 0 Å². The molecule has 18 heavy (non-hydrogen) atoms.